The lowest BCUT2D eigenvalue weighted by molar-refractivity contribution is 0.0954. The molecule has 3 N–H and O–H groups in total. The van der Waals surface area contributed by atoms with Crippen LogP contribution in [0.1, 0.15) is 35.7 Å². The molecule has 6 nitrogen and oxygen atoms in total. The van der Waals surface area contributed by atoms with Gasteiger partial charge in [-0.25, -0.2) is 0 Å². The van der Waals surface area contributed by atoms with Gasteiger partial charge in [-0.05, 0) is 47.5 Å². The molecule has 0 aliphatic rings. The first-order valence-corrected chi connectivity index (χ1v) is 10.0. The van der Waals surface area contributed by atoms with Crippen LogP contribution in [0.5, 0.6) is 5.75 Å². The van der Waals surface area contributed by atoms with Crippen molar-refractivity contribution >= 4 is 47.2 Å². The van der Waals surface area contributed by atoms with Crippen LogP contribution in [0.3, 0.4) is 0 Å². The third-order valence-corrected chi connectivity index (χ3v) is 4.72. The normalized spacial score (nSPS) is 11.9. The van der Waals surface area contributed by atoms with Gasteiger partial charge in [-0.1, -0.05) is 13.0 Å². The van der Waals surface area contributed by atoms with Crippen LogP contribution in [0.4, 0.5) is 0 Å². The second-order valence-corrected chi connectivity index (χ2v) is 6.87. The average molecular weight is 516 g/mol. The molecule has 0 bridgehead atoms. The average Bonchev–Trinajstić information content (AvgIpc) is 3.23. The lowest BCUT2D eigenvalue weighted by atomic mass is 10.1. The number of nitrogens with one attached hydrogen (secondary N) is 3. The summed E-state index contributed by atoms with van der Waals surface area (Å²) in [6.45, 7) is 6.79. The first-order valence-electron chi connectivity index (χ1n) is 9.10. The van der Waals surface area contributed by atoms with Gasteiger partial charge in [0.2, 0.25) is 0 Å². The lowest BCUT2D eigenvalue weighted by Crippen LogP contribution is -2.41. The Kier molecular flexibility index (Phi) is 11.6. The fourth-order valence-electron chi connectivity index (χ4n) is 2.45. The van der Waals surface area contributed by atoms with Gasteiger partial charge in [-0.3, -0.25) is 9.79 Å². The maximum absolute atomic E-state index is 12.2. The van der Waals surface area contributed by atoms with Gasteiger partial charge in [0.1, 0.15) is 5.75 Å². The number of halogens is 1. The first kappa shape index (κ1) is 24.2. The fraction of sp³-hybridized carbons (Fsp3) is 0.400. The Morgan fingerprint density at radius 3 is 2.68 bits per heavy atom. The molecule has 1 amide bonds. The number of carbonyl (C=O) groups excluding carboxylic acids is 1. The summed E-state index contributed by atoms with van der Waals surface area (Å²) in [7, 11) is 1.59. The van der Waals surface area contributed by atoms with Crippen molar-refractivity contribution in [2.75, 3.05) is 33.3 Å². The van der Waals surface area contributed by atoms with Crippen molar-refractivity contribution in [3.63, 3.8) is 0 Å². The van der Waals surface area contributed by atoms with E-state index in [4.69, 9.17) is 4.74 Å². The summed E-state index contributed by atoms with van der Waals surface area (Å²) < 4.78 is 5.15. The summed E-state index contributed by atoms with van der Waals surface area (Å²) >= 11 is 1.70. The first-order chi connectivity index (χ1) is 13.1. The number of methoxy groups -OCH3 is 1. The van der Waals surface area contributed by atoms with Crippen molar-refractivity contribution < 1.29 is 9.53 Å². The van der Waals surface area contributed by atoms with Crippen LogP contribution in [0.25, 0.3) is 0 Å². The number of hydrogen-bond acceptors (Lipinski definition) is 4. The van der Waals surface area contributed by atoms with Crippen LogP contribution in [0, 0.1) is 0 Å². The summed E-state index contributed by atoms with van der Waals surface area (Å²) in [5, 5.41) is 13.6. The molecule has 1 atom stereocenters. The number of ether oxygens (including phenoxy) is 1. The topological polar surface area (TPSA) is 74.8 Å². The van der Waals surface area contributed by atoms with Crippen LogP contribution < -0.4 is 20.7 Å². The van der Waals surface area contributed by atoms with E-state index in [1.54, 1.807) is 36.6 Å². The van der Waals surface area contributed by atoms with Gasteiger partial charge in [0.05, 0.1) is 7.11 Å². The van der Waals surface area contributed by atoms with E-state index in [0.29, 0.717) is 36.9 Å². The predicted octanol–water partition coefficient (Wildman–Crippen LogP) is 3.46. The second-order valence-electron chi connectivity index (χ2n) is 6.09. The molecule has 0 spiro atoms. The molecule has 1 aromatic heterocycles. The Morgan fingerprint density at radius 2 is 2.00 bits per heavy atom. The predicted molar refractivity (Wildman–Crippen MR) is 127 cm³/mol. The molecule has 0 saturated heterocycles. The van der Waals surface area contributed by atoms with Crippen molar-refractivity contribution in [1.82, 2.24) is 16.0 Å². The molecule has 2 aromatic rings. The standard InChI is InChI=1S/C20H28N4O2S.HI/c1-4-21-20(24-13-15(2)17-8-11-27-14-17)23-10-9-22-19(25)16-6-5-7-18(12-16)26-3;/h5-8,11-12,14-15H,4,9-10,13H2,1-3H3,(H,22,25)(H2,21,23,24);1H. The lowest BCUT2D eigenvalue weighted by Gasteiger charge is -2.13. The molecule has 28 heavy (non-hydrogen) atoms. The van der Waals surface area contributed by atoms with Gasteiger partial charge in [-0.2, -0.15) is 11.3 Å². The van der Waals surface area contributed by atoms with Crippen LogP contribution in [0.2, 0.25) is 0 Å². The number of benzene rings is 1. The molecule has 1 aromatic carbocycles. The molecule has 1 heterocycles. The number of amides is 1. The minimum absolute atomic E-state index is 0. The SMILES string of the molecule is CCNC(=NCC(C)c1ccsc1)NCCNC(=O)c1cccc(OC)c1.I. The number of rotatable bonds is 9. The fourth-order valence-corrected chi connectivity index (χ4v) is 3.24. The van der Waals surface area contributed by atoms with Crippen molar-refractivity contribution in [2.24, 2.45) is 4.99 Å². The molecular weight excluding hydrogens is 487 g/mol. The van der Waals surface area contributed by atoms with Crippen LogP contribution in [0.15, 0.2) is 46.1 Å². The summed E-state index contributed by atoms with van der Waals surface area (Å²) in [5.74, 6) is 1.68. The van der Waals surface area contributed by atoms with E-state index in [1.165, 1.54) is 5.56 Å². The van der Waals surface area contributed by atoms with Gasteiger partial charge in [0.15, 0.2) is 5.96 Å². The zero-order valence-corrected chi connectivity index (χ0v) is 19.7. The number of aliphatic imine (C=N–C) groups is 1. The van der Waals surface area contributed by atoms with E-state index in [0.717, 1.165) is 12.5 Å². The zero-order valence-electron chi connectivity index (χ0n) is 16.5. The van der Waals surface area contributed by atoms with E-state index in [2.05, 4.69) is 44.7 Å². The molecule has 1 unspecified atom stereocenters. The number of hydrogen-bond donors (Lipinski definition) is 3. The molecule has 2 rings (SSSR count). The smallest absolute Gasteiger partial charge is 0.251 e. The summed E-state index contributed by atoms with van der Waals surface area (Å²) in [6, 6.07) is 9.24. The van der Waals surface area contributed by atoms with E-state index < -0.39 is 0 Å². The number of guanidine groups is 1. The number of thiophene rings is 1. The number of carbonyl (C=O) groups is 1. The van der Waals surface area contributed by atoms with Gasteiger partial charge < -0.3 is 20.7 Å². The van der Waals surface area contributed by atoms with Gasteiger partial charge >= 0.3 is 0 Å². The summed E-state index contributed by atoms with van der Waals surface area (Å²) in [5.41, 5.74) is 1.89. The van der Waals surface area contributed by atoms with Crippen molar-refractivity contribution in [1.29, 1.82) is 0 Å². The van der Waals surface area contributed by atoms with E-state index in [9.17, 15) is 4.79 Å². The van der Waals surface area contributed by atoms with Gasteiger partial charge in [0.25, 0.3) is 5.91 Å². The van der Waals surface area contributed by atoms with Gasteiger partial charge in [-0.15, -0.1) is 24.0 Å². The largest absolute Gasteiger partial charge is 0.497 e. The van der Waals surface area contributed by atoms with E-state index in [1.807, 2.05) is 13.0 Å². The van der Waals surface area contributed by atoms with Crippen LogP contribution in [-0.2, 0) is 0 Å². The highest BCUT2D eigenvalue weighted by Gasteiger charge is 2.07. The van der Waals surface area contributed by atoms with Crippen LogP contribution in [-0.4, -0.2) is 45.2 Å². The molecule has 8 heteroatoms. The maximum Gasteiger partial charge on any atom is 0.251 e. The Balaban J connectivity index is 0.00000392. The molecule has 0 aliphatic heterocycles. The molecule has 0 radical (unpaired) electrons. The molecular formula is C20H29IN4O2S. The van der Waals surface area contributed by atoms with Gasteiger partial charge in [0, 0.05) is 37.7 Å². The molecule has 0 aliphatic carbocycles. The Bertz CT molecular complexity index is 738. The summed E-state index contributed by atoms with van der Waals surface area (Å²) in [4.78, 5) is 16.8. The molecule has 154 valence electrons. The maximum atomic E-state index is 12.2. The highest BCUT2D eigenvalue weighted by molar-refractivity contribution is 14.0. The Hall–Kier alpha value is -1.81. The molecule has 0 fully saturated rings. The quantitative estimate of drug-likeness (QED) is 0.207. The minimum atomic E-state index is -0.122. The highest BCUT2D eigenvalue weighted by atomic mass is 127. The third-order valence-electron chi connectivity index (χ3n) is 4.01. The Morgan fingerprint density at radius 1 is 1.21 bits per heavy atom. The number of nitrogens with zero attached hydrogens (tertiary/aromatic N) is 1. The summed E-state index contributed by atoms with van der Waals surface area (Å²) in [6.07, 6.45) is 0. The van der Waals surface area contributed by atoms with E-state index in [-0.39, 0.29) is 29.9 Å². The molecule has 0 saturated carbocycles. The van der Waals surface area contributed by atoms with Crippen LogP contribution >= 0.6 is 35.3 Å². The van der Waals surface area contributed by atoms with Crippen molar-refractivity contribution in [3.8, 4) is 5.75 Å². The van der Waals surface area contributed by atoms with E-state index >= 15 is 0 Å². The van der Waals surface area contributed by atoms with Crippen molar-refractivity contribution in [2.45, 2.75) is 19.8 Å². The minimum Gasteiger partial charge on any atom is -0.497 e. The second kappa shape index (κ2) is 13.4. The van der Waals surface area contributed by atoms with Crippen molar-refractivity contribution in [3.05, 3.63) is 52.2 Å². The zero-order chi connectivity index (χ0) is 19.5. The Labute approximate surface area is 188 Å². The third kappa shape index (κ3) is 8.05. The highest BCUT2D eigenvalue weighted by Crippen LogP contribution is 2.18. The monoisotopic (exact) mass is 516 g/mol.